The van der Waals surface area contributed by atoms with Crippen LogP contribution in [0.15, 0.2) is 23.4 Å². The van der Waals surface area contributed by atoms with Gasteiger partial charge < -0.3 is 15.4 Å². The minimum Gasteiger partial charge on any atom is -0.363 e. The maximum Gasteiger partial charge on any atom is 0.342 e. The van der Waals surface area contributed by atoms with E-state index in [9.17, 15) is 10.1 Å². The molecule has 12 heteroatoms. The fraction of sp³-hybridized carbons (Fsp3) is 0.455. The molecule has 0 atom stereocenters. The number of hydrogen-bond acceptors (Lipinski definition) is 9. The highest BCUT2D eigenvalue weighted by atomic mass is 35.5. The lowest BCUT2D eigenvalue weighted by molar-refractivity contribution is -0.392. The standard InChI is InChI=1S/C22H28ClN7O2S2/c1-14-18(12-26-22-21(23)15(2)27-16(3)28-22)24-7-6-19(14)34-10-5-9-33-11-8-29-17(4)25-13-20(29)30(31)32/h6-7,13H,5,8-12H2,1-4H3,(H,26,27,28). The largest absolute Gasteiger partial charge is 0.363 e. The van der Waals surface area contributed by atoms with Gasteiger partial charge in [0.05, 0.1) is 17.9 Å². The Balaban J connectivity index is 1.43. The van der Waals surface area contributed by atoms with Crippen LogP contribution in [0.2, 0.25) is 5.02 Å². The molecule has 0 unspecified atom stereocenters. The van der Waals surface area contributed by atoms with Gasteiger partial charge in [-0.15, -0.1) is 11.8 Å². The van der Waals surface area contributed by atoms with Crippen LogP contribution in [0.1, 0.15) is 35.0 Å². The van der Waals surface area contributed by atoms with Crippen molar-refractivity contribution in [3.8, 4) is 0 Å². The number of aryl methyl sites for hydroxylation is 3. The topological polar surface area (TPSA) is 112 Å². The van der Waals surface area contributed by atoms with Gasteiger partial charge in [0.25, 0.3) is 0 Å². The number of nitrogens with one attached hydrogen (secondary N) is 1. The zero-order valence-corrected chi connectivity index (χ0v) is 22.1. The van der Waals surface area contributed by atoms with Crippen molar-refractivity contribution < 1.29 is 4.92 Å². The van der Waals surface area contributed by atoms with Crippen LogP contribution in [0, 0.1) is 37.8 Å². The monoisotopic (exact) mass is 521 g/mol. The lowest BCUT2D eigenvalue weighted by Crippen LogP contribution is -2.08. The minimum atomic E-state index is -0.383. The number of rotatable bonds is 12. The molecule has 3 rings (SSSR count). The maximum absolute atomic E-state index is 11.1. The van der Waals surface area contributed by atoms with E-state index in [1.807, 2.05) is 37.9 Å². The van der Waals surface area contributed by atoms with Gasteiger partial charge in [-0.05, 0) is 55.3 Å². The molecule has 182 valence electrons. The number of nitrogens with zero attached hydrogens (tertiary/aromatic N) is 6. The van der Waals surface area contributed by atoms with Crippen LogP contribution in [0.5, 0.6) is 0 Å². The molecule has 1 N–H and O–H groups in total. The zero-order chi connectivity index (χ0) is 24.7. The quantitative estimate of drug-likeness (QED) is 0.145. The second kappa shape index (κ2) is 12.4. The third-order valence-corrected chi connectivity index (χ3v) is 7.93. The zero-order valence-electron chi connectivity index (χ0n) is 19.7. The van der Waals surface area contributed by atoms with Crippen molar-refractivity contribution in [3.63, 3.8) is 0 Å². The maximum atomic E-state index is 11.1. The molecule has 0 aliphatic heterocycles. The summed E-state index contributed by atoms with van der Waals surface area (Å²) in [6, 6.07) is 2.05. The molecule has 0 fully saturated rings. The number of thioether (sulfide) groups is 2. The molecule has 0 radical (unpaired) electrons. The molecule has 3 aromatic rings. The molecule has 0 spiro atoms. The molecule has 0 saturated carbocycles. The van der Waals surface area contributed by atoms with E-state index in [-0.39, 0.29) is 10.7 Å². The average molecular weight is 522 g/mol. The Morgan fingerprint density at radius 3 is 2.71 bits per heavy atom. The number of hydrogen-bond donors (Lipinski definition) is 1. The van der Waals surface area contributed by atoms with Gasteiger partial charge in [-0.25, -0.2) is 19.5 Å². The smallest absolute Gasteiger partial charge is 0.342 e. The van der Waals surface area contributed by atoms with Crippen molar-refractivity contribution in [2.45, 2.75) is 52.1 Å². The van der Waals surface area contributed by atoms with Crippen LogP contribution in [-0.4, -0.2) is 46.7 Å². The predicted octanol–water partition coefficient (Wildman–Crippen LogP) is 5.39. The van der Waals surface area contributed by atoms with E-state index in [2.05, 4.69) is 32.2 Å². The molecular formula is C22H28ClN7O2S2. The van der Waals surface area contributed by atoms with Crippen molar-refractivity contribution in [2.75, 3.05) is 22.6 Å². The Labute approximate surface area is 212 Å². The molecule has 0 aliphatic rings. The minimum absolute atomic E-state index is 0.0550. The molecule has 9 nitrogen and oxygen atoms in total. The van der Waals surface area contributed by atoms with Gasteiger partial charge in [0.2, 0.25) is 0 Å². The fourth-order valence-electron chi connectivity index (χ4n) is 3.36. The van der Waals surface area contributed by atoms with E-state index >= 15 is 0 Å². The van der Waals surface area contributed by atoms with Gasteiger partial charge in [-0.2, -0.15) is 11.8 Å². The highest BCUT2D eigenvalue weighted by Gasteiger charge is 2.16. The van der Waals surface area contributed by atoms with Gasteiger partial charge in [-0.1, -0.05) is 11.6 Å². The Kier molecular flexibility index (Phi) is 9.54. The van der Waals surface area contributed by atoms with E-state index in [0.29, 0.717) is 35.6 Å². The highest BCUT2D eigenvalue weighted by Crippen LogP contribution is 2.27. The number of imidazole rings is 1. The molecule has 3 heterocycles. The van der Waals surface area contributed by atoms with Crippen LogP contribution in [-0.2, 0) is 13.1 Å². The van der Waals surface area contributed by atoms with Gasteiger partial charge >= 0.3 is 5.82 Å². The average Bonchev–Trinajstić information content (AvgIpc) is 3.16. The lowest BCUT2D eigenvalue weighted by atomic mass is 10.2. The Morgan fingerprint density at radius 2 is 1.94 bits per heavy atom. The van der Waals surface area contributed by atoms with Gasteiger partial charge in [0.1, 0.15) is 29.4 Å². The summed E-state index contributed by atoms with van der Waals surface area (Å²) in [6.45, 7) is 8.71. The van der Waals surface area contributed by atoms with Crippen molar-refractivity contribution in [1.29, 1.82) is 0 Å². The number of anilines is 1. The van der Waals surface area contributed by atoms with Crippen LogP contribution >= 0.6 is 35.1 Å². The molecule has 0 amide bonds. The summed E-state index contributed by atoms with van der Waals surface area (Å²) in [7, 11) is 0. The second-order valence-corrected chi connectivity index (χ2v) is 10.4. The van der Waals surface area contributed by atoms with Gasteiger partial charge in [-0.3, -0.25) is 4.98 Å². The first-order valence-electron chi connectivity index (χ1n) is 10.8. The van der Waals surface area contributed by atoms with Crippen molar-refractivity contribution in [1.82, 2.24) is 24.5 Å². The van der Waals surface area contributed by atoms with Crippen molar-refractivity contribution >= 4 is 46.8 Å². The summed E-state index contributed by atoms with van der Waals surface area (Å²) in [5, 5.41) is 14.9. The summed E-state index contributed by atoms with van der Waals surface area (Å²) in [5.41, 5.74) is 2.86. The van der Waals surface area contributed by atoms with Crippen molar-refractivity contribution in [3.05, 3.63) is 62.2 Å². The Morgan fingerprint density at radius 1 is 1.15 bits per heavy atom. The first-order valence-corrected chi connectivity index (χ1v) is 13.4. The molecule has 0 saturated heterocycles. The molecule has 34 heavy (non-hydrogen) atoms. The normalized spacial score (nSPS) is 11.1. The number of nitro groups is 1. The molecule has 0 aromatic carbocycles. The molecule has 3 aromatic heterocycles. The fourth-order valence-corrected chi connectivity index (χ4v) is 5.55. The Hall–Kier alpha value is -2.37. The van der Waals surface area contributed by atoms with E-state index in [4.69, 9.17) is 11.6 Å². The lowest BCUT2D eigenvalue weighted by Gasteiger charge is -2.13. The first kappa shape index (κ1) is 26.2. The number of halogens is 1. The van der Waals surface area contributed by atoms with E-state index < -0.39 is 0 Å². The summed E-state index contributed by atoms with van der Waals surface area (Å²) in [4.78, 5) is 29.1. The van der Waals surface area contributed by atoms with E-state index in [1.165, 1.54) is 11.1 Å². The highest BCUT2D eigenvalue weighted by molar-refractivity contribution is 8.00. The summed E-state index contributed by atoms with van der Waals surface area (Å²) < 4.78 is 1.66. The van der Waals surface area contributed by atoms with E-state index in [1.54, 1.807) is 23.3 Å². The third kappa shape index (κ3) is 6.83. The van der Waals surface area contributed by atoms with E-state index in [0.717, 1.165) is 40.6 Å². The first-order chi connectivity index (χ1) is 16.3. The predicted molar refractivity (Wildman–Crippen MR) is 139 cm³/mol. The third-order valence-electron chi connectivity index (χ3n) is 5.18. The Bertz CT molecular complexity index is 1160. The number of aromatic nitrogens is 5. The molecule has 0 bridgehead atoms. The summed E-state index contributed by atoms with van der Waals surface area (Å²) in [5.74, 6) is 4.84. The van der Waals surface area contributed by atoms with Gasteiger partial charge in [0.15, 0.2) is 5.82 Å². The van der Waals surface area contributed by atoms with Crippen LogP contribution in [0.4, 0.5) is 11.6 Å². The SMILES string of the molecule is Cc1nc(C)c(Cl)c(NCc2nccc(SCCCSCCn3c([N+](=O)[O-])cnc3C)c2C)n1. The van der Waals surface area contributed by atoms with Crippen molar-refractivity contribution in [2.24, 2.45) is 0 Å². The second-order valence-electron chi connectivity index (χ2n) is 7.64. The van der Waals surface area contributed by atoms with Gasteiger partial charge in [0, 0.05) is 23.8 Å². The number of pyridine rings is 1. The molecular weight excluding hydrogens is 494 g/mol. The van der Waals surface area contributed by atoms with Crippen LogP contribution in [0.3, 0.4) is 0 Å². The van der Waals surface area contributed by atoms with Crippen LogP contribution in [0.25, 0.3) is 0 Å². The van der Waals surface area contributed by atoms with Crippen LogP contribution < -0.4 is 5.32 Å². The summed E-state index contributed by atoms with van der Waals surface area (Å²) >= 11 is 9.95. The summed E-state index contributed by atoms with van der Waals surface area (Å²) in [6.07, 6.45) is 4.20. The molecule has 0 aliphatic carbocycles.